The van der Waals surface area contributed by atoms with E-state index in [2.05, 4.69) is 16.3 Å². The highest BCUT2D eigenvalue weighted by atomic mass is 19.1. The summed E-state index contributed by atoms with van der Waals surface area (Å²) in [7, 11) is 0. The number of halogens is 1. The summed E-state index contributed by atoms with van der Waals surface area (Å²) in [6.07, 6.45) is 2.69. The first-order valence-electron chi connectivity index (χ1n) is 4.95. The first kappa shape index (κ1) is 9.09. The Balaban J connectivity index is 2.14. The summed E-state index contributed by atoms with van der Waals surface area (Å²) in [5.74, 6) is -0.222. The molecule has 1 radical (unpaired) electrons. The maximum atomic E-state index is 12.8. The fraction of sp³-hybridized carbons (Fsp3) is 0. The van der Waals surface area contributed by atoms with Crippen LogP contribution >= 0.6 is 0 Å². The van der Waals surface area contributed by atoms with Crippen molar-refractivity contribution in [2.45, 2.75) is 0 Å². The second kappa shape index (κ2) is 3.45. The third-order valence-electron chi connectivity index (χ3n) is 2.54. The molecule has 1 aromatic heterocycles. The minimum absolute atomic E-state index is 0.222. The summed E-state index contributed by atoms with van der Waals surface area (Å²) in [5, 5.41) is 0. The predicted molar refractivity (Wildman–Crippen MR) is 60.3 cm³/mol. The molecule has 2 aromatic carbocycles. The molecule has 16 heavy (non-hydrogen) atoms. The SMILES string of the molecule is Fc1ccc(-c2ccc3n[c][nH]c3c2)cc1. The zero-order valence-electron chi connectivity index (χ0n) is 8.37. The van der Waals surface area contributed by atoms with Crippen molar-refractivity contribution >= 4 is 11.0 Å². The van der Waals surface area contributed by atoms with Crippen LogP contribution in [0.1, 0.15) is 0 Å². The fourth-order valence-electron chi connectivity index (χ4n) is 1.70. The van der Waals surface area contributed by atoms with E-state index in [1.165, 1.54) is 12.1 Å². The van der Waals surface area contributed by atoms with Crippen molar-refractivity contribution in [3.8, 4) is 11.1 Å². The van der Waals surface area contributed by atoms with E-state index in [1.54, 1.807) is 12.1 Å². The quantitative estimate of drug-likeness (QED) is 0.658. The summed E-state index contributed by atoms with van der Waals surface area (Å²) in [4.78, 5) is 6.96. The number of benzene rings is 2. The number of H-pyrrole nitrogens is 1. The van der Waals surface area contributed by atoms with Gasteiger partial charge in [0, 0.05) is 0 Å². The van der Waals surface area contributed by atoms with Crippen LogP contribution in [0.4, 0.5) is 4.39 Å². The Morgan fingerprint density at radius 3 is 2.56 bits per heavy atom. The first-order valence-corrected chi connectivity index (χ1v) is 4.95. The monoisotopic (exact) mass is 211 g/mol. The van der Waals surface area contributed by atoms with Crippen LogP contribution in [0.2, 0.25) is 0 Å². The number of aromatic nitrogens is 2. The Hall–Kier alpha value is -2.16. The van der Waals surface area contributed by atoms with Gasteiger partial charge in [0.15, 0.2) is 6.33 Å². The molecule has 0 saturated heterocycles. The second-order valence-electron chi connectivity index (χ2n) is 3.59. The largest absolute Gasteiger partial charge is 0.335 e. The van der Waals surface area contributed by atoms with Gasteiger partial charge in [0.2, 0.25) is 0 Å². The Kier molecular flexibility index (Phi) is 1.96. The first-order chi connectivity index (χ1) is 7.83. The van der Waals surface area contributed by atoms with E-state index in [0.29, 0.717) is 0 Å². The predicted octanol–water partition coefficient (Wildman–Crippen LogP) is 3.17. The van der Waals surface area contributed by atoms with Crippen molar-refractivity contribution < 1.29 is 4.39 Å². The molecule has 0 aliphatic rings. The van der Waals surface area contributed by atoms with Gasteiger partial charge in [-0.2, -0.15) is 0 Å². The van der Waals surface area contributed by atoms with E-state index in [9.17, 15) is 4.39 Å². The number of hydrogen-bond donors (Lipinski definition) is 1. The van der Waals surface area contributed by atoms with Gasteiger partial charge < -0.3 is 4.98 Å². The van der Waals surface area contributed by atoms with Gasteiger partial charge in [-0.15, -0.1) is 0 Å². The molecular weight excluding hydrogens is 203 g/mol. The van der Waals surface area contributed by atoms with Crippen molar-refractivity contribution in [2.75, 3.05) is 0 Å². The highest BCUT2D eigenvalue weighted by molar-refractivity contribution is 5.81. The molecule has 0 aliphatic carbocycles. The molecule has 3 rings (SSSR count). The average molecular weight is 211 g/mol. The lowest BCUT2D eigenvalue weighted by molar-refractivity contribution is 0.628. The van der Waals surface area contributed by atoms with Crippen LogP contribution in [0.3, 0.4) is 0 Å². The number of nitrogens with zero attached hydrogens (tertiary/aromatic N) is 1. The molecule has 0 atom stereocenters. The van der Waals surface area contributed by atoms with E-state index < -0.39 is 0 Å². The highest BCUT2D eigenvalue weighted by Gasteiger charge is 2.01. The van der Waals surface area contributed by atoms with E-state index >= 15 is 0 Å². The van der Waals surface area contributed by atoms with Crippen LogP contribution < -0.4 is 0 Å². The number of hydrogen-bond acceptors (Lipinski definition) is 1. The van der Waals surface area contributed by atoms with Gasteiger partial charge in [-0.1, -0.05) is 18.2 Å². The van der Waals surface area contributed by atoms with Crippen LogP contribution in [0.5, 0.6) is 0 Å². The number of rotatable bonds is 1. The smallest absolute Gasteiger partial charge is 0.174 e. The van der Waals surface area contributed by atoms with Crippen molar-refractivity contribution in [3.63, 3.8) is 0 Å². The second-order valence-corrected chi connectivity index (χ2v) is 3.59. The normalized spacial score (nSPS) is 10.8. The summed E-state index contributed by atoms with van der Waals surface area (Å²) in [6, 6.07) is 12.3. The molecule has 0 saturated carbocycles. The number of fused-ring (bicyclic) bond motifs is 1. The van der Waals surface area contributed by atoms with Crippen LogP contribution in [-0.2, 0) is 0 Å². The highest BCUT2D eigenvalue weighted by Crippen LogP contribution is 2.22. The molecule has 0 unspecified atom stereocenters. The van der Waals surface area contributed by atoms with Gasteiger partial charge >= 0.3 is 0 Å². The van der Waals surface area contributed by atoms with Crippen molar-refractivity contribution in [1.29, 1.82) is 0 Å². The maximum Gasteiger partial charge on any atom is 0.174 e. The lowest BCUT2D eigenvalue weighted by atomic mass is 10.1. The van der Waals surface area contributed by atoms with Crippen LogP contribution in [0, 0.1) is 12.1 Å². The molecule has 1 N–H and O–H groups in total. The van der Waals surface area contributed by atoms with Gasteiger partial charge in [0.25, 0.3) is 0 Å². The molecule has 2 nitrogen and oxygen atoms in total. The van der Waals surface area contributed by atoms with E-state index in [1.807, 2.05) is 18.2 Å². The van der Waals surface area contributed by atoms with Gasteiger partial charge in [-0.05, 0) is 35.4 Å². The summed E-state index contributed by atoms with van der Waals surface area (Å²) >= 11 is 0. The Bertz CT molecular complexity index is 626. The molecule has 1 heterocycles. The topological polar surface area (TPSA) is 28.7 Å². The number of aromatic amines is 1. The molecule has 0 amide bonds. The third-order valence-corrected chi connectivity index (χ3v) is 2.54. The zero-order chi connectivity index (χ0) is 11.0. The van der Waals surface area contributed by atoms with Gasteiger partial charge in [-0.3, -0.25) is 0 Å². The summed E-state index contributed by atoms with van der Waals surface area (Å²) in [5.41, 5.74) is 3.83. The van der Waals surface area contributed by atoms with Gasteiger partial charge in [0.1, 0.15) is 5.82 Å². The van der Waals surface area contributed by atoms with Crippen molar-refractivity contribution in [3.05, 3.63) is 54.6 Å². The Labute approximate surface area is 91.8 Å². The molecule has 0 aliphatic heterocycles. The molecule has 0 fully saturated rings. The zero-order valence-corrected chi connectivity index (χ0v) is 8.37. The molecule has 0 bridgehead atoms. The molecule has 0 spiro atoms. The fourth-order valence-corrected chi connectivity index (χ4v) is 1.70. The molecule has 3 heteroatoms. The molecule has 3 aromatic rings. The lowest BCUT2D eigenvalue weighted by Crippen LogP contribution is -1.79. The summed E-state index contributed by atoms with van der Waals surface area (Å²) < 4.78 is 12.8. The van der Waals surface area contributed by atoms with Gasteiger partial charge in [0.05, 0.1) is 11.0 Å². The Morgan fingerprint density at radius 1 is 1.00 bits per heavy atom. The standard InChI is InChI=1S/C13H8FN2/c14-11-4-1-9(2-5-11)10-3-6-12-13(7-10)16-8-15-12/h1-7H,(H,15,16). The Morgan fingerprint density at radius 2 is 1.75 bits per heavy atom. The van der Waals surface area contributed by atoms with E-state index in [-0.39, 0.29) is 5.82 Å². The van der Waals surface area contributed by atoms with Crippen LogP contribution in [0.25, 0.3) is 22.2 Å². The van der Waals surface area contributed by atoms with Gasteiger partial charge in [-0.25, -0.2) is 9.37 Å². The van der Waals surface area contributed by atoms with E-state index in [4.69, 9.17) is 0 Å². The number of nitrogens with one attached hydrogen (secondary N) is 1. The average Bonchev–Trinajstić information content (AvgIpc) is 2.77. The van der Waals surface area contributed by atoms with Crippen molar-refractivity contribution in [1.82, 2.24) is 9.97 Å². The van der Waals surface area contributed by atoms with Crippen molar-refractivity contribution in [2.24, 2.45) is 0 Å². The van der Waals surface area contributed by atoms with Crippen LogP contribution in [0.15, 0.2) is 42.5 Å². The van der Waals surface area contributed by atoms with E-state index in [0.717, 1.165) is 22.2 Å². The lowest BCUT2D eigenvalue weighted by Gasteiger charge is -2.01. The minimum atomic E-state index is -0.222. The third kappa shape index (κ3) is 1.46. The minimum Gasteiger partial charge on any atom is -0.335 e. The molecular formula is C13H8FN2. The summed E-state index contributed by atoms with van der Waals surface area (Å²) in [6.45, 7) is 0. The number of imidazole rings is 1. The van der Waals surface area contributed by atoms with Crippen LogP contribution in [-0.4, -0.2) is 9.97 Å². The maximum absolute atomic E-state index is 12.8. The molecule has 77 valence electrons.